The highest BCUT2D eigenvalue weighted by molar-refractivity contribution is 5.96. The molecule has 0 aromatic heterocycles. The number of carboxylic acid groups (broad SMARTS) is 2. The first-order valence-corrected chi connectivity index (χ1v) is 12.6. The van der Waals surface area contributed by atoms with Gasteiger partial charge in [-0.1, -0.05) is 42.5 Å². The van der Waals surface area contributed by atoms with Gasteiger partial charge in [0.2, 0.25) is 23.6 Å². The molecular formula is C27H33N5O9. The summed E-state index contributed by atoms with van der Waals surface area (Å²) in [6, 6.07) is 9.10. The smallest absolute Gasteiger partial charge is 0.326 e. The van der Waals surface area contributed by atoms with Gasteiger partial charge in [-0.3, -0.25) is 24.0 Å². The van der Waals surface area contributed by atoms with E-state index in [0.717, 1.165) is 5.56 Å². The average Bonchev–Trinajstić information content (AvgIpc) is 2.91. The molecule has 10 N–H and O–H groups in total. The Kier molecular flexibility index (Phi) is 12.2. The van der Waals surface area contributed by atoms with Crippen LogP contribution < -0.4 is 27.4 Å². The number of phenolic OH excluding ortho intramolecular Hbond substituents is 1. The number of amides is 4. The molecule has 0 saturated heterocycles. The molecule has 0 bridgehead atoms. The minimum atomic E-state index is -1.64. The molecule has 4 unspecified atom stereocenters. The molecular weight excluding hydrogens is 538 g/mol. The Balaban J connectivity index is 2.23. The van der Waals surface area contributed by atoms with E-state index in [2.05, 4.69) is 16.0 Å². The zero-order valence-electron chi connectivity index (χ0n) is 22.0. The molecule has 4 atom stereocenters. The van der Waals surface area contributed by atoms with Gasteiger partial charge in [0, 0.05) is 12.8 Å². The van der Waals surface area contributed by atoms with E-state index in [0.29, 0.717) is 5.56 Å². The van der Waals surface area contributed by atoms with Gasteiger partial charge in [-0.15, -0.1) is 0 Å². The molecule has 14 nitrogen and oxygen atoms in total. The number of rotatable bonds is 16. The lowest BCUT2D eigenvalue weighted by Crippen LogP contribution is -2.58. The Labute approximate surface area is 235 Å². The van der Waals surface area contributed by atoms with Crippen LogP contribution in [0.4, 0.5) is 0 Å². The van der Waals surface area contributed by atoms with Crippen molar-refractivity contribution in [3.05, 3.63) is 65.7 Å². The van der Waals surface area contributed by atoms with Crippen LogP contribution in [0.1, 0.15) is 30.4 Å². The fraction of sp³-hybridized carbons (Fsp3) is 0.333. The standard InChI is InChI=1S/C27H33N5O9/c28-18(12-15-4-2-1-3-5-15)24(37)31-20(13-16-6-8-17(33)9-7-16)25(38)32-21(14-22(29)34)26(39)30-19(27(40)41)10-11-23(35)36/h1-9,18-21,33H,10-14,28H2,(H2,29,34)(H,30,39)(H,31,37)(H,32,38)(H,35,36)(H,40,41). The van der Waals surface area contributed by atoms with Crippen molar-refractivity contribution in [2.24, 2.45) is 11.5 Å². The number of phenols is 1. The van der Waals surface area contributed by atoms with Crippen molar-refractivity contribution >= 4 is 35.6 Å². The molecule has 2 aromatic rings. The third-order valence-corrected chi connectivity index (χ3v) is 5.94. The van der Waals surface area contributed by atoms with Crippen LogP contribution in [0.15, 0.2) is 54.6 Å². The molecule has 2 rings (SSSR count). The predicted molar refractivity (Wildman–Crippen MR) is 144 cm³/mol. The fourth-order valence-corrected chi connectivity index (χ4v) is 3.80. The van der Waals surface area contributed by atoms with E-state index < -0.39 is 79.0 Å². The molecule has 220 valence electrons. The highest BCUT2D eigenvalue weighted by Crippen LogP contribution is 2.12. The van der Waals surface area contributed by atoms with E-state index in [1.54, 1.807) is 30.3 Å². The van der Waals surface area contributed by atoms with Gasteiger partial charge in [0.15, 0.2) is 0 Å². The minimum Gasteiger partial charge on any atom is -0.508 e. The summed E-state index contributed by atoms with van der Waals surface area (Å²) in [4.78, 5) is 73.1. The quantitative estimate of drug-likeness (QED) is 0.119. The fourth-order valence-electron chi connectivity index (χ4n) is 3.80. The summed E-state index contributed by atoms with van der Waals surface area (Å²) in [5, 5.41) is 34.7. The SMILES string of the molecule is NC(=O)CC(NC(=O)C(Cc1ccc(O)cc1)NC(=O)C(N)Cc1ccccc1)C(=O)NC(CCC(=O)O)C(=O)O. The van der Waals surface area contributed by atoms with Crippen LogP contribution >= 0.6 is 0 Å². The molecule has 0 radical (unpaired) electrons. The first-order valence-electron chi connectivity index (χ1n) is 12.6. The minimum absolute atomic E-state index is 0.0299. The summed E-state index contributed by atoms with van der Waals surface area (Å²) in [6.07, 6.45) is -1.66. The van der Waals surface area contributed by atoms with E-state index in [1.165, 1.54) is 24.3 Å². The van der Waals surface area contributed by atoms with Crippen LogP contribution in [0.5, 0.6) is 5.75 Å². The number of hydrogen-bond donors (Lipinski definition) is 8. The van der Waals surface area contributed by atoms with E-state index >= 15 is 0 Å². The van der Waals surface area contributed by atoms with Crippen LogP contribution in [0, 0.1) is 0 Å². The number of carbonyl (C=O) groups excluding carboxylic acids is 4. The van der Waals surface area contributed by atoms with Crippen molar-refractivity contribution in [2.45, 2.75) is 56.3 Å². The maximum atomic E-state index is 13.3. The van der Waals surface area contributed by atoms with Gasteiger partial charge in [-0.25, -0.2) is 4.79 Å². The molecule has 0 aliphatic heterocycles. The van der Waals surface area contributed by atoms with Crippen molar-refractivity contribution in [3.8, 4) is 5.75 Å². The van der Waals surface area contributed by atoms with Gasteiger partial charge in [0.1, 0.15) is 23.9 Å². The Hall–Kier alpha value is -4.98. The molecule has 0 aliphatic rings. The number of hydrogen-bond acceptors (Lipinski definition) is 8. The number of nitrogens with two attached hydrogens (primary N) is 2. The highest BCUT2D eigenvalue weighted by Gasteiger charge is 2.31. The molecule has 0 aliphatic carbocycles. The number of primary amides is 1. The monoisotopic (exact) mass is 571 g/mol. The van der Waals surface area contributed by atoms with Crippen molar-refractivity contribution in [3.63, 3.8) is 0 Å². The lowest BCUT2D eigenvalue weighted by Gasteiger charge is -2.25. The number of aliphatic carboxylic acids is 2. The van der Waals surface area contributed by atoms with Crippen molar-refractivity contribution in [2.75, 3.05) is 0 Å². The number of carbonyl (C=O) groups is 6. The van der Waals surface area contributed by atoms with Crippen LogP contribution in [-0.2, 0) is 41.6 Å². The highest BCUT2D eigenvalue weighted by atomic mass is 16.4. The first kappa shape index (κ1) is 32.2. The third-order valence-electron chi connectivity index (χ3n) is 5.94. The molecule has 41 heavy (non-hydrogen) atoms. The third kappa shape index (κ3) is 11.3. The molecule has 0 spiro atoms. The zero-order chi connectivity index (χ0) is 30.5. The summed E-state index contributed by atoms with van der Waals surface area (Å²) < 4.78 is 0. The normalized spacial score (nSPS) is 13.6. The lowest BCUT2D eigenvalue weighted by molar-refractivity contribution is -0.143. The van der Waals surface area contributed by atoms with Crippen LogP contribution in [0.2, 0.25) is 0 Å². The van der Waals surface area contributed by atoms with Crippen LogP contribution in [0.3, 0.4) is 0 Å². The number of benzene rings is 2. The molecule has 0 heterocycles. The maximum absolute atomic E-state index is 13.3. The van der Waals surface area contributed by atoms with Gasteiger partial charge in [0.25, 0.3) is 0 Å². The first-order chi connectivity index (χ1) is 19.3. The van der Waals surface area contributed by atoms with Crippen molar-refractivity contribution in [1.29, 1.82) is 0 Å². The Morgan fingerprint density at radius 3 is 1.80 bits per heavy atom. The van der Waals surface area contributed by atoms with Crippen molar-refractivity contribution in [1.82, 2.24) is 16.0 Å². The Bertz CT molecular complexity index is 1240. The zero-order valence-corrected chi connectivity index (χ0v) is 22.0. The molecule has 0 saturated carbocycles. The summed E-state index contributed by atoms with van der Waals surface area (Å²) in [6.45, 7) is 0. The summed E-state index contributed by atoms with van der Waals surface area (Å²) in [5.41, 5.74) is 12.6. The van der Waals surface area contributed by atoms with Gasteiger partial charge in [-0.05, 0) is 36.1 Å². The Morgan fingerprint density at radius 1 is 0.707 bits per heavy atom. The number of aromatic hydroxyl groups is 1. The van der Waals surface area contributed by atoms with Crippen molar-refractivity contribution < 1.29 is 44.1 Å². The van der Waals surface area contributed by atoms with Gasteiger partial charge in [-0.2, -0.15) is 0 Å². The van der Waals surface area contributed by atoms with E-state index in [4.69, 9.17) is 16.6 Å². The molecule has 4 amide bonds. The largest absolute Gasteiger partial charge is 0.508 e. The summed E-state index contributed by atoms with van der Waals surface area (Å²) in [5.74, 6) is -6.50. The lowest BCUT2D eigenvalue weighted by atomic mass is 10.0. The van der Waals surface area contributed by atoms with Crippen LogP contribution in [0.25, 0.3) is 0 Å². The van der Waals surface area contributed by atoms with E-state index in [1.807, 2.05) is 0 Å². The van der Waals surface area contributed by atoms with Gasteiger partial charge >= 0.3 is 11.9 Å². The topological polar surface area (TPSA) is 251 Å². The van der Waals surface area contributed by atoms with Crippen LogP contribution in [-0.4, -0.2) is 75.1 Å². The summed E-state index contributed by atoms with van der Waals surface area (Å²) >= 11 is 0. The predicted octanol–water partition coefficient (Wildman–Crippen LogP) is -1.22. The molecule has 14 heteroatoms. The molecule has 2 aromatic carbocycles. The maximum Gasteiger partial charge on any atom is 0.326 e. The molecule has 0 fully saturated rings. The van der Waals surface area contributed by atoms with E-state index in [-0.39, 0.29) is 18.6 Å². The Morgan fingerprint density at radius 2 is 1.24 bits per heavy atom. The number of carboxylic acids is 2. The average molecular weight is 572 g/mol. The van der Waals surface area contributed by atoms with Gasteiger partial charge in [0.05, 0.1) is 12.5 Å². The van der Waals surface area contributed by atoms with Gasteiger partial charge < -0.3 is 42.7 Å². The second-order valence-electron chi connectivity index (χ2n) is 9.29. The second-order valence-corrected chi connectivity index (χ2v) is 9.29. The summed E-state index contributed by atoms with van der Waals surface area (Å²) in [7, 11) is 0. The van der Waals surface area contributed by atoms with E-state index in [9.17, 15) is 39.0 Å². The second kappa shape index (κ2) is 15.6. The number of nitrogens with one attached hydrogen (secondary N) is 3.